The van der Waals surface area contributed by atoms with E-state index in [0.717, 1.165) is 10.6 Å². The van der Waals surface area contributed by atoms with Crippen molar-refractivity contribution in [2.45, 2.75) is 11.8 Å². The number of nitrogens with one attached hydrogen (secondary N) is 1. The molecule has 96 valence electrons. The van der Waals surface area contributed by atoms with Gasteiger partial charge in [0.05, 0.1) is 0 Å². The number of Topliss-reactive ketones (excluding diaryl/α,β-unsaturated/α-hetero) is 1. The summed E-state index contributed by atoms with van der Waals surface area (Å²) < 4.78 is 0. The van der Waals surface area contributed by atoms with E-state index in [0.29, 0.717) is 11.1 Å². The highest BCUT2D eigenvalue weighted by Gasteiger charge is 2.13. The summed E-state index contributed by atoms with van der Waals surface area (Å²) >= 11 is 1.74. The topological polar surface area (TPSA) is 40.9 Å². The SMILES string of the molecule is CCSc1ccc(C(=O)C(=N)c2ccccc2)cc1. The van der Waals surface area contributed by atoms with Crippen LogP contribution in [0.2, 0.25) is 0 Å². The Labute approximate surface area is 117 Å². The highest BCUT2D eigenvalue weighted by Crippen LogP contribution is 2.18. The largest absolute Gasteiger partial charge is 0.296 e. The summed E-state index contributed by atoms with van der Waals surface area (Å²) in [4.78, 5) is 13.3. The van der Waals surface area contributed by atoms with Gasteiger partial charge in [-0.2, -0.15) is 0 Å². The molecule has 2 aromatic rings. The number of benzene rings is 2. The van der Waals surface area contributed by atoms with E-state index in [-0.39, 0.29) is 11.5 Å². The third kappa shape index (κ3) is 3.32. The first-order chi connectivity index (χ1) is 9.22. The van der Waals surface area contributed by atoms with Crippen molar-refractivity contribution in [2.24, 2.45) is 0 Å². The Morgan fingerprint density at radius 2 is 1.63 bits per heavy atom. The van der Waals surface area contributed by atoms with Crippen LogP contribution in [0.15, 0.2) is 59.5 Å². The van der Waals surface area contributed by atoms with E-state index in [1.165, 1.54) is 0 Å². The van der Waals surface area contributed by atoms with Crippen LogP contribution in [0.1, 0.15) is 22.8 Å². The van der Waals surface area contributed by atoms with Crippen molar-refractivity contribution in [2.75, 3.05) is 5.75 Å². The molecule has 0 aliphatic carbocycles. The molecule has 0 bridgehead atoms. The van der Waals surface area contributed by atoms with Gasteiger partial charge in [0.1, 0.15) is 5.71 Å². The van der Waals surface area contributed by atoms with Crippen LogP contribution >= 0.6 is 11.8 Å². The van der Waals surface area contributed by atoms with E-state index in [1.807, 2.05) is 30.3 Å². The van der Waals surface area contributed by atoms with Gasteiger partial charge < -0.3 is 0 Å². The van der Waals surface area contributed by atoms with Crippen molar-refractivity contribution >= 4 is 23.3 Å². The predicted octanol–water partition coefficient (Wildman–Crippen LogP) is 4.05. The lowest BCUT2D eigenvalue weighted by Crippen LogP contribution is -2.14. The molecule has 19 heavy (non-hydrogen) atoms. The van der Waals surface area contributed by atoms with Crippen molar-refractivity contribution in [1.29, 1.82) is 5.41 Å². The first-order valence-electron chi connectivity index (χ1n) is 6.14. The van der Waals surface area contributed by atoms with Crippen molar-refractivity contribution in [3.8, 4) is 0 Å². The van der Waals surface area contributed by atoms with Crippen LogP contribution in [0.5, 0.6) is 0 Å². The van der Waals surface area contributed by atoms with Crippen molar-refractivity contribution in [1.82, 2.24) is 0 Å². The van der Waals surface area contributed by atoms with Crippen molar-refractivity contribution in [3.05, 3.63) is 65.7 Å². The lowest BCUT2D eigenvalue weighted by Gasteiger charge is -2.04. The molecule has 0 saturated carbocycles. The molecule has 0 radical (unpaired) electrons. The molecule has 0 unspecified atom stereocenters. The molecule has 0 aliphatic heterocycles. The fourth-order valence-corrected chi connectivity index (χ4v) is 2.41. The second-order valence-corrected chi connectivity index (χ2v) is 5.36. The number of carbonyl (C=O) groups excluding carboxylic acids is 1. The molecule has 0 saturated heterocycles. The zero-order valence-corrected chi connectivity index (χ0v) is 11.5. The predicted molar refractivity (Wildman–Crippen MR) is 80.4 cm³/mol. The van der Waals surface area contributed by atoms with E-state index >= 15 is 0 Å². The number of hydrogen-bond acceptors (Lipinski definition) is 3. The van der Waals surface area contributed by atoms with E-state index in [2.05, 4.69) is 6.92 Å². The summed E-state index contributed by atoms with van der Waals surface area (Å²) in [6.07, 6.45) is 0. The Bertz CT molecular complexity index is 575. The molecule has 3 heteroatoms. The third-order valence-electron chi connectivity index (χ3n) is 2.72. The standard InChI is InChI=1S/C16H15NOS/c1-2-19-14-10-8-13(9-11-14)16(18)15(17)12-6-4-3-5-7-12/h3-11,17H,2H2,1H3. The molecule has 0 spiro atoms. The number of thioether (sulfide) groups is 1. The lowest BCUT2D eigenvalue weighted by atomic mass is 10.0. The minimum atomic E-state index is -0.237. The molecule has 0 amide bonds. The monoisotopic (exact) mass is 269 g/mol. The van der Waals surface area contributed by atoms with Gasteiger partial charge in [0.2, 0.25) is 5.78 Å². The zero-order chi connectivity index (χ0) is 13.7. The maximum Gasteiger partial charge on any atom is 0.211 e. The first kappa shape index (κ1) is 13.6. The number of carbonyl (C=O) groups is 1. The van der Waals surface area contributed by atoms with Gasteiger partial charge >= 0.3 is 0 Å². The van der Waals surface area contributed by atoms with Gasteiger partial charge in [0.25, 0.3) is 0 Å². The summed E-state index contributed by atoms with van der Waals surface area (Å²) in [5, 5.41) is 7.95. The average Bonchev–Trinajstić information content (AvgIpc) is 2.48. The fourth-order valence-electron chi connectivity index (χ4n) is 1.75. The van der Waals surface area contributed by atoms with Gasteiger partial charge in [-0.15, -0.1) is 11.8 Å². The molecule has 2 nitrogen and oxygen atoms in total. The Hall–Kier alpha value is -1.87. The number of ketones is 1. The van der Waals surface area contributed by atoms with E-state index in [9.17, 15) is 4.79 Å². The zero-order valence-electron chi connectivity index (χ0n) is 10.7. The van der Waals surface area contributed by atoms with Crippen LogP contribution in [-0.4, -0.2) is 17.2 Å². The molecule has 2 rings (SSSR count). The van der Waals surface area contributed by atoms with Crippen LogP contribution in [-0.2, 0) is 0 Å². The molecule has 0 atom stereocenters. The van der Waals surface area contributed by atoms with Gasteiger partial charge in [-0.05, 0) is 30.0 Å². The summed E-state index contributed by atoms with van der Waals surface area (Å²) in [6.45, 7) is 2.09. The highest BCUT2D eigenvalue weighted by molar-refractivity contribution is 7.99. The van der Waals surface area contributed by atoms with Gasteiger partial charge in [0.15, 0.2) is 0 Å². The van der Waals surface area contributed by atoms with Crippen LogP contribution in [0.4, 0.5) is 0 Å². The Morgan fingerprint density at radius 1 is 1.00 bits per heavy atom. The molecule has 1 N–H and O–H groups in total. The Balaban J connectivity index is 2.18. The average molecular weight is 269 g/mol. The fraction of sp³-hybridized carbons (Fsp3) is 0.125. The molecule has 0 heterocycles. The molecule has 0 fully saturated rings. The summed E-state index contributed by atoms with van der Waals surface area (Å²) in [5.74, 6) is 0.770. The summed E-state index contributed by atoms with van der Waals surface area (Å²) in [5.41, 5.74) is 1.25. The van der Waals surface area contributed by atoms with E-state index < -0.39 is 0 Å². The van der Waals surface area contributed by atoms with Crippen molar-refractivity contribution < 1.29 is 4.79 Å². The van der Waals surface area contributed by atoms with Gasteiger partial charge in [-0.3, -0.25) is 10.2 Å². The molecule has 0 aliphatic rings. The molecule has 2 aromatic carbocycles. The minimum absolute atomic E-state index is 0.0384. The number of hydrogen-bond donors (Lipinski definition) is 1. The normalized spacial score (nSPS) is 10.2. The summed E-state index contributed by atoms with van der Waals surface area (Å²) in [7, 11) is 0. The Kier molecular flexibility index (Phi) is 4.53. The second kappa shape index (κ2) is 6.34. The quantitative estimate of drug-likeness (QED) is 0.505. The smallest absolute Gasteiger partial charge is 0.211 e. The molecular formula is C16H15NOS. The maximum absolute atomic E-state index is 12.2. The van der Waals surface area contributed by atoms with Gasteiger partial charge in [-0.1, -0.05) is 37.3 Å². The van der Waals surface area contributed by atoms with E-state index in [1.54, 1.807) is 36.0 Å². The second-order valence-electron chi connectivity index (χ2n) is 4.03. The number of rotatable bonds is 5. The van der Waals surface area contributed by atoms with E-state index in [4.69, 9.17) is 5.41 Å². The minimum Gasteiger partial charge on any atom is -0.296 e. The first-order valence-corrected chi connectivity index (χ1v) is 7.12. The van der Waals surface area contributed by atoms with Crippen molar-refractivity contribution in [3.63, 3.8) is 0 Å². The highest BCUT2D eigenvalue weighted by atomic mass is 32.2. The van der Waals surface area contributed by atoms with Gasteiger partial charge in [-0.25, -0.2) is 0 Å². The third-order valence-corrected chi connectivity index (χ3v) is 3.61. The Morgan fingerprint density at radius 3 is 2.21 bits per heavy atom. The van der Waals surface area contributed by atoms with Crippen LogP contribution < -0.4 is 0 Å². The van der Waals surface area contributed by atoms with Crippen LogP contribution in [0.25, 0.3) is 0 Å². The molecular weight excluding hydrogens is 254 g/mol. The maximum atomic E-state index is 12.2. The lowest BCUT2D eigenvalue weighted by molar-refractivity contribution is 0.106. The van der Waals surface area contributed by atoms with Crippen LogP contribution in [0.3, 0.4) is 0 Å². The summed E-state index contributed by atoms with van der Waals surface area (Å²) in [6, 6.07) is 16.5. The molecule has 0 aromatic heterocycles. The van der Waals surface area contributed by atoms with Gasteiger partial charge in [0, 0.05) is 16.0 Å². The van der Waals surface area contributed by atoms with Crippen LogP contribution in [0, 0.1) is 5.41 Å².